The van der Waals surface area contributed by atoms with E-state index >= 15 is 0 Å². The maximum Gasteiger partial charge on any atom is 0.125 e. The molecule has 0 spiro atoms. The number of ether oxygens (including phenoxy) is 1. The SMILES string of the molecule is CC(Oc1cccc2c1CCCN2)c1ccccc1. The van der Waals surface area contributed by atoms with Crippen molar-refractivity contribution in [3.8, 4) is 5.75 Å². The van der Waals surface area contributed by atoms with Gasteiger partial charge in [-0.2, -0.15) is 0 Å². The van der Waals surface area contributed by atoms with Crippen molar-refractivity contribution in [2.45, 2.75) is 25.9 Å². The van der Waals surface area contributed by atoms with Crippen LogP contribution < -0.4 is 10.1 Å². The van der Waals surface area contributed by atoms with E-state index in [9.17, 15) is 0 Å². The van der Waals surface area contributed by atoms with E-state index in [1.54, 1.807) is 0 Å². The molecule has 1 aliphatic heterocycles. The van der Waals surface area contributed by atoms with E-state index in [4.69, 9.17) is 4.74 Å². The second-order valence-corrected chi connectivity index (χ2v) is 4.98. The molecule has 0 saturated heterocycles. The average Bonchev–Trinajstić information content (AvgIpc) is 2.48. The highest BCUT2D eigenvalue weighted by atomic mass is 16.5. The summed E-state index contributed by atoms with van der Waals surface area (Å²) >= 11 is 0. The van der Waals surface area contributed by atoms with Crippen molar-refractivity contribution in [3.05, 3.63) is 59.7 Å². The van der Waals surface area contributed by atoms with Crippen LogP contribution in [0, 0.1) is 0 Å². The molecule has 0 radical (unpaired) electrons. The number of hydrogen-bond donors (Lipinski definition) is 1. The highest BCUT2D eigenvalue weighted by Gasteiger charge is 2.15. The molecule has 3 rings (SSSR count). The third-order valence-electron chi connectivity index (χ3n) is 3.62. The van der Waals surface area contributed by atoms with Crippen LogP contribution in [0.3, 0.4) is 0 Å². The van der Waals surface area contributed by atoms with Crippen molar-refractivity contribution in [2.24, 2.45) is 0 Å². The first-order valence-electron chi connectivity index (χ1n) is 6.92. The second-order valence-electron chi connectivity index (χ2n) is 4.98. The Labute approximate surface area is 114 Å². The molecule has 2 heteroatoms. The van der Waals surface area contributed by atoms with E-state index in [0.717, 1.165) is 18.7 Å². The lowest BCUT2D eigenvalue weighted by molar-refractivity contribution is 0.224. The molecule has 2 nitrogen and oxygen atoms in total. The van der Waals surface area contributed by atoms with Gasteiger partial charge in [0.2, 0.25) is 0 Å². The van der Waals surface area contributed by atoms with Gasteiger partial charge in [-0.25, -0.2) is 0 Å². The van der Waals surface area contributed by atoms with Crippen molar-refractivity contribution >= 4 is 5.69 Å². The fraction of sp³-hybridized carbons (Fsp3) is 0.294. The van der Waals surface area contributed by atoms with Crippen LogP contribution >= 0.6 is 0 Å². The van der Waals surface area contributed by atoms with Gasteiger partial charge in [-0.15, -0.1) is 0 Å². The van der Waals surface area contributed by atoms with Gasteiger partial charge < -0.3 is 10.1 Å². The summed E-state index contributed by atoms with van der Waals surface area (Å²) in [5, 5.41) is 3.44. The van der Waals surface area contributed by atoms with Gasteiger partial charge in [0.25, 0.3) is 0 Å². The largest absolute Gasteiger partial charge is 0.486 e. The summed E-state index contributed by atoms with van der Waals surface area (Å²) < 4.78 is 6.16. The average molecular weight is 253 g/mol. The Morgan fingerprint density at radius 1 is 1.05 bits per heavy atom. The number of nitrogens with one attached hydrogen (secondary N) is 1. The number of rotatable bonds is 3. The van der Waals surface area contributed by atoms with Gasteiger partial charge in [-0.05, 0) is 37.5 Å². The zero-order valence-corrected chi connectivity index (χ0v) is 11.2. The van der Waals surface area contributed by atoms with Crippen LogP contribution in [0.25, 0.3) is 0 Å². The number of fused-ring (bicyclic) bond motifs is 1. The van der Waals surface area contributed by atoms with Crippen molar-refractivity contribution in [2.75, 3.05) is 11.9 Å². The van der Waals surface area contributed by atoms with Crippen LogP contribution in [-0.4, -0.2) is 6.54 Å². The van der Waals surface area contributed by atoms with Gasteiger partial charge in [0, 0.05) is 17.8 Å². The topological polar surface area (TPSA) is 21.3 Å². The molecular weight excluding hydrogens is 234 g/mol. The zero-order chi connectivity index (χ0) is 13.1. The monoisotopic (exact) mass is 253 g/mol. The first-order chi connectivity index (χ1) is 9.34. The van der Waals surface area contributed by atoms with E-state index in [-0.39, 0.29) is 6.10 Å². The van der Waals surface area contributed by atoms with Gasteiger partial charge in [-0.1, -0.05) is 36.4 Å². The summed E-state index contributed by atoms with van der Waals surface area (Å²) in [6.45, 7) is 3.16. The maximum absolute atomic E-state index is 6.16. The first-order valence-corrected chi connectivity index (χ1v) is 6.92. The molecule has 1 N–H and O–H groups in total. The van der Waals surface area contributed by atoms with Crippen molar-refractivity contribution in [3.63, 3.8) is 0 Å². The fourth-order valence-corrected chi connectivity index (χ4v) is 2.57. The van der Waals surface area contributed by atoms with Gasteiger partial charge >= 0.3 is 0 Å². The van der Waals surface area contributed by atoms with E-state index in [1.165, 1.54) is 23.2 Å². The van der Waals surface area contributed by atoms with Gasteiger partial charge in [0.1, 0.15) is 11.9 Å². The van der Waals surface area contributed by atoms with Crippen LogP contribution in [0.5, 0.6) is 5.75 Å². The molecule has 0 amide bonds. The third kappa shape index (κ3) is 2.58. The fourth-order valence-electron chi connectivity index (χ4n) is 2.57. The standard InChI is InChI=1S/C17H19NO/c1-13(14-7-3-2-4-8-14)19-17-11-5-10-16-15(17)9-6-12-18-16/h2-5,7-8,10-11,13,18H,6,9,12H2,1H3. The molecule has 2 aromatic rings. The summed E-state index contributed by atoms with van der Waals surface area (Å²) in [5.41, 5.74) is 3.75. The number of anilines is 1. The minimum atomic E-state index is 0.0784. The normalized spacial score (nSPS) is 15.2. The van der Waals surface area contributed by atoms with Crippen molar-refractivity contribution in [1.29, 1.82) is 0 Å². The molecule has 1 heterocycles. The summed E-state index contributed by atoms with van der Waals surface area (Å²) in [5.74, 6) is 1.01. The van der Waals surface area contributed by atoms with Gasteiger partial charge in [0.05, 0.1) is 0 Å². The molecule has 0 bridgehead atoms. The lowest BCUT2D eigenvalue weighted by Crippen LogP contribution is -2.13. The van der Waals surface area contributed by atoms with E-state index in [2.05, 4.69) is 54.7 Å². The highest BCUT2D eigenvalue weighted by Crippen LogP contribution is 2.33. The Morgan fingerprint density at radius 2 is 1.89 bits per heavy atom. The highest BCUT2D eigenvalue weighted by molar-refractivity contribution is 5.59. The van der Waals surface area contributed by atoms with Crippen LogP contribution in [0.4, 0.5) is 5.69 Å². The molecule has 1 atom stereocenters. The molecule has 2 aromatic carbocycles. The predicted molar refractivity (Wildman–Crippen MR) is 78.7 cm³/mol. The quantitative estimate of drug-likeness (QED) is 0.885. The van der Waals surface area contributed by atoms with E-state index in [1.807, 2.05) is 6.07 Å². The maximum atomic E-state index is 6.16. The van der Waals surface area contributed by atoms with Crippen LogP contribution in [-0.2, 0) is 6.42 Å². The van der Waals surface area contributed by atoms with Gasteiger partial charge in [-0.3, -0.25) is 0 Å². The van der Waals surface area contributed by atoms with Crippen LogP contribution in [0.2, 0.25) is 0 Å². The summed E-state index contributed by atoms with van der Waals surface area (Å²) in [4.78, 5) is 0. The molecule has 0 aliphatic carbocycles. The molecule has 0 saturated carbocycles. The second kappa shape index (κ2) is 5.35. The Balaban J connectivity index is 1.84. The number of hydrogen-bond acceptors (Lipinski definition) is 2. The molecule has 19 heavy (non-hydrogen) atoms. The summed E-state index contributed by atoms with van der Waals surface area (Å²) in [6, 6.07) is 16.6. The zero-order valence-electron chi connectivity index (χ0n) is 11.2. The molecule has 1 aliphatic rings. The molecule has 1 unspecified atom stereocenters. The van der Waals surface area contributed by atoms with E-state index in [0.29, 0.717) is 0 Å². The van der Waals surface area contributed by atoms with Crippen molar-refractivity contribution < 1.29 is 4.74 Å². The third-order valence-corrected chi connectivity index (χ3v) is 3.62. The minimum absolute atomic E-state index is 0.0784. The summed E-state index contributed by atoms with van der Waals surface area (Å²) in [6.07, 6.45) is 2.35. The molecule has 98 valence electrons. The van der Waals surface area contributed by atoms with Crippen LogP contribution in [0.1, 0.15) is 30.6 Å². The predicted octanol–water partition coefficient (Wildman–Crippen LogP) is 4.18. The first kappa shape index (κ1) is 12.1. The Morgan fingerprint density at radius 3 is 2.74 bits per heavy atom. The number of benzene rings is 2. The Bertz CT molecular complexity index is 550. The van der Waals surface area contributed by atoms with Gasteiger partial charge in [0.15, 0.2) is 0 Å². The minimum Gasteiger partial charge on any atom is -0.486 e. The lowest BCUT2D eigenvalue weighted by Gasteiger charge is -2.23. The lowest BCUT2D eigenvalue weighted by atomic mass is 10.0. The van der Waals surface area contributed by atoms with E-state index < -0.39 is 0 Å². The molecule has 0 aromatic heterocycles. The Hall–Kier alpha value is -1.96. The summed E-state index contributed by atoms with van der Waals surface area (Å²) in [7, 11) is 0. The van der Waals surface area contributed by atoms with Crippen molar-refractivity contribution in [1.82, 2.24) is 0 Å². The Kier molecular flexibility index (Phi) is 3.41. The van der Waals surface area contributed by atoms with Crippen LogP contribution in [0.15, 0.2) is 48.5 Å². The molecule has 0 fully saturated rings. The smallest absolute Gasteiger partial charge is 0.125 e. The molecular formula is C17H19NO.